The van der Waals surface area contributed by atoms with Crippen LogP contribution in [0.25, 0.3) is 0 Å². The van der Waals surface area contributed by atoms with Crippen molar-refractivity contribution in [3.63, 3.8) is 0 Å². The molecule has 4 aromatic carbocycles. The molecule has 0 heterocycles. The van der Waals surface area contributed by atoms with Crippen molar-refractivity contribution in [2.24, 2.45) is 0 Å². The van der Waals surface area contributed by atoms with E-state index in [1.165, 1.54) is 11.1 Å². The molecule has 0 spiro atoms. The van der Waals surface area contributed by atoms with Crippen molar-refractivity contribution in [2.75, 3.05) is 0 Å². The van der Waals surface area contributed by atoms with Gasteiger partial charge >= 0.3 is 0 Å². The Morgan fingerprint density at radius 2 is 0.833 bits per heavy atom. The van der Waals surface area contributed by atoms with E-state index in [2.05, 4.69) is 44.0 Å². The number of halogens is 2. The number of hydrogen-bond acceptors (Lipinski definition) is 1. The predicted octanol–water partition coefficient (Wildman–Crippen LogP) is 7.62. The SMILES string of the molecule is O=C(c1ccccc1Cc1ccccc1Br)c1ccccc1Cc1ccccc1Br. The zero-order valence-electron chi connectivity index (χ0n) is 16.3. The van der Waals surface area contributed by atoms with Crippen molar-refractivity contribution in [1.29, 1.82) is 0 Å². The molecule has 0 amide bonds. The second-order valence-corrected chi connectivity index (χ2v) is 8.89. The van der Waals surface area contributed by atoms with Crippen molar-refractivity contribution < 1.29 is 4.79 Å². The maximum absolute atomic E-state index is 13.6. The van der Waals surface area contributed by atoms with Gasteiger partial charge in [-0.15, -0.1) is 0 Å². The molecule has 0 unspecified atom stereocenters. The highest BCUT2D eigenvalue weighted by Crippen LogP contribution is 2.26. The van der Waals surface area contributed by atoms with Gasteiger partial charge in [0.25, 0.3) is 0 Å². The first-order valence-electron chi connectivity index (χ1n) is 9.81. The molecular weight excluding hydrogens is 500 g/mol. The van der Waals surface area contributed by atoms with Gasteiger partial charge in [-0.25, -0.2) is 0 Å². The summed E-state index contributed by atoms with van der Waals surface area (Å²) in [5.41, 5.74) is 5.91. The highest BCUT2D eigenvalue weighted by molar-refractivity contribution is 9.10. The van der Waals surface area contributed by atoms with Gasteiger partial charge in [-0.2, -0.15) is 0 Å². The highest BCUT2D eigenvalue weighted by Gasteiger charge is 2.17. The Morgan fingerprint density at radius 1 is 0.500 bits per heavy atom. The van der Waals surface area contributed by atoms with Crippen LogP contribution in [0.1, 0.15) is 38.2 Å². The minimum absolute atomic E-state index is 0.0697. The van der Waals surface area contributed by atoms with E-state index in [0.717, 1.165) is 31.2 Å². The molecule has 1 nitrogen and oxygen atoms in total. The molecule has 0 bridgehead atoms. The Bertz CT molecular complexity index is 1100. The maximum Gasteiger partial charge on any atom is 0.193 e. The fourth-order valence-corrected chi connectivity index (χ4v) is 4.48. The van der Waals surface area contributed by atoms with E-state index < -0.39 is 0 Å². The minimum atomic E-state index is 0.0697. The second kappa shape index (κ2) is 9.55. The van der Waals surface area contributed by atoms with Crippen LogP contribution in [0.3, 0.4) is 0 Å². The van der Waals surface area contributed by atoms with Gasteiger partial charge in [-0.3, -0.25) is 4.79 Å². The first kappa shape index (κ1) is 20.8. The first-order chi connectivity index (χ1) is 14.6. The lowest BCUT2D eigenvalue weighted by Crippen LogP contribution is -2.09. The number of hydrogen-bond donors (Lipinski definition) is 0. The fourth-order valence-electron chi connectivity index (χ4n) is 3.63. The van der Waals surface area contributed by atoms with Crippen molar-refractivity contribution in [3.8, 4) is 0 Å². The Balaban J connectivity index is 1.70. The van der Waals surface area contributed by atoms with E-state index in [1.807, 2.05) is 84.9 Å². The molecule has 0 aliphatic rings. The van der Waals surface area contributed by atoms with E-state index in [0.29, 0.717) is 12.8 Å². The van der Waals surface area contributed by atoms with Crippen LogP contribution in [0.2, 0.25) is 0 Å². The summed E-state index contributed by atoms with van der Waals surface area (Å²) in [6.07, 6.45) is 1.41. The Labute approximate surface area is 194 Å². The highest BCUT2D eigenvalue weighted by atomic mass is 79.9. The van der Waals surface area contributed by atoms with Gasteiger partial charge < -0.3 is 0 Å². The summed E-state index contributed by atoms with van der Waals surface area (Å²) in [5.74, 6) is 0.0697. The van der Waals surface area contributed by atoms with E-state index in [9.17, 15) is 4.79 Å². The zero-order chi connectivity index (χ0) is 20.9. The molecule has 0 saturated carbocycles. The summed E-state index contributed by atoms with van der Waals surface area (Å²) in [6.45, 7) is 0. The van der Waals surface area contributed by atoms with E-state index in [1.54, 1.807) is 0 Å². The molecule has 4 aromatic rings. The quantitative estimate of drug-likeness (QED) is 0.239. The summed E-state index contributed by atoms with van der Waals surface area (Å²) < 4.78 is 2.11. The van der Waals surface area contributed by atoms with Crippen LogP contribution in [-0.4, -0.2) is 5.78 Å². The summed E-state index contributed by atoms with van der Waals surface area (Å²) in [6, 6.07) is 32.1. The normalized spacial score (nSPS) is 10.7. The number of ketones is 1. The van der Waals surface area contributed by atoms with Gasteiger partial charge in [0.2, 0.25) is 0 Å². The summed E-state index contributed by atoms with van der Waals surface area (Å²) in [4.78, 5) is 13.6. The minimum Gasteiger partial charge on any atom is -0.289 e. The van der Waals surface area contributed by atoms with Crippen molar-refractivity contribution in [3.05, 3.63) is 139 Å². The molecule has 30 heavy (non-hydrogen) atoms. The fraction of sp³-hybridized carbons (Fsp3) is 0.0741. The average molecular weight is 520 g/mol. The van der Waals surface area contributed by atoms with Crippen LogP contribution in [0.5, 0.6) is 0 Å². The lowest BCUT2D eigenvalue weighted by atomic mass is 9.90. The largest absolute Gasteiger partial charge is 0.289 e. The van der Waals surface area contributed by atoms with E-state index in [-0.39, 0.29) is 5.78 Å². The van der Waals surface area contributed by atoms with Crippen LogP contribution < -0.4 is 0 Å². The maximum atomic E-state index is 13.6. The van der Waals surface area contributed by atoms with Crippen LogP contribution in [0.4, 0.5) is 0 Å². The Morgan fingerprint density at radius 3 is 1.23 bits per heavy atom. The third kappa shape index (κ3) is 4.63. The smallest absolute Gasteiger partial charge is 0.193 e. The van der Waals surface area contributed by atoms with E-state index in [4.69, 9.17) is 0 Å². The van der Waals surface area contributed by atoms with Gasteiger partial charge in [0.05, 0.1) is 0 Å². The topological polar surface area (TPSA) is 17.1 Å². The monoisotopic (exact) mass is 518 g/mol. The van der Waals surface area contributed by atoms with Crippen LogP contribution in [0.15, 0.2) is 106 Å². The summed E-state index contributed by atoms with van der Waals surface area (Å²) in [7, 11) is 0. The standard InChI is InChI=1S/C27H20Br2O/c28-25-15-7-3-11-21(25)17-19-9-1-5-13-23(19)27(30)24-14-6-2-10-20(24)18-22-12-4-8-16-26(22)29/h1-16H,17-18H2. The summed E-state index contributed by atoms with van der Waals surface area (Å²) >= 11 is 7.25. The Kier molecular flexibility index (Phi) is 6.61. The van der Waals surface area contributed by atoms with Gasteiger partial charge in [0, 0.05) is 20.1 Å². The molecule has 0 aliphatic heterocycles. The lowest BCUT2D eigenvalue weighted by molar-refractivity contribution is 0.103. The van der Waals surface area contributed by atoms with Crippen molar-refractivity contribution >= 4 is 37.6 Å². The number of benzene rings is 4. The third-order valence-electron chi connectivity index (χ3n) is 5.20. The number of carbonyl (C=O) groups excluding carboxylic acids is 1. The number of carbonyl (C=O) groups is 1. The molecule has 4 rings (SSSR count). The van der Waals surface area contributed by atoms with Gasteiger partial charge in [-0.1, -0.05) is 117 Å². The van der Waals surface area contributed by atoms with Crippen molar-refractivity contribution in [2.45, 2.75) is 12.8 Å². The Hall–Kier alpha value is -2.49. The summed E-state index contributed by atoms with van der Waals surface area (Å²) in [5, 5.41) is 0. The van der Waals surface area contributed by atoms with Crippen LogP contribution in [-0.2, 0) is 12.8 Å². The molecule has 0 saturated heterocycles. The lowest BCUT2D eigenvalue weighted by Gasteiger charge is -2.13. The molecule has 148 valence electrons. The molecule has 0 fully saturated rings. The van der Waals surface area contributed by atoms with Crippen LogP contribution >= 0.6 is 31.9 Å². The van der Waals surface area contributed by atoms with Gasteiger partial charge in [0.1, 0.15) is 0 Å². The number of rotatable bonds is 6. The molecular formula is C27H20Br2O. The molecule has 0 radical (unpaired) electrons. The molecule has 0 aromatic heterocycles. The predicted molar refractivity (Wildman–Crippen MR) is 130 cm³/mol. The van der Waals surface area contributed by atoms with Gasteiger partial charge in [-0.05, 0) is 47.2 Å². The van der Waals surface area contributed by atoms with E-state index >= 15 is 0 Å². The zero-order valence-corrected chi connectivity index (χ0v) is 19.5. The second-order valence-electron chi connectivity index (χ2n) is 7.18. The molecule has 0 aliphatic carbocycles. The third-order valence-corrected chi connectivity index (χ3v) is 6.75. The molecule has 3 heteroatoms. The molecule has 0 N–H and O–H groups in total. The molecule has 0 atom stereocenters. The van der Waals surface area contributed by atoms with Gasteiger partial charge in [0.15, 0.2) is 5.78 Å². The average Bonchev–Trinajstić information content (AvgIpc) is 2.77. The van der Waals surface area contributed by atoms with Crippen LogP contribution in [0, 0.1) is 0 Å². The van der Waals surface area contributed by atoms with Crippen molar-refractivity contribution in [1.82, 2.24) is 0 Å². The first-order valence-corrected chi connectivity index (χ1v) is 11.4.